The molecule has 0 radical (unpaired) electrons. The average Bonchev–Trinajstić information content (AvgIpc) is 2.54. The zero-order valence-electron chi connectivity index (χ0n) is 9.89. The lowest BCUT2D eigenvalue weighted by Crippen LogP contribution is -2.42. The molecule has 1 amide bonds. The van der Waals surface area contributed by atoms with Crippen LogP contribution in [0.25, 0.3) is 0 Å². The molecule has 0 aromatic heterocycles. The quantitative estimate of drug-likeness (QED) is 0.681. The van der Waals surface area contributed by atoms with Crippen molar-refractivity contribution >= 4 is 15.9 Å². The number of rotatable bonds is 2. The van der Waals surface area contributed by atoms with Gasteiger partial charge in [0.1, 0.15) is 0 Å². The van der Waals surface area contributed by atoms with E-state index in [-0.39, 0.29) is 18.2 Å². The predicted molar refractivity (Wildman–Crippen MR) is 64.0 cm³/mol. The van der Waals surface area contributed by atoms with Crippen molar-refractivity contribution in [1.82, 2.24) is 14.5 Å². The van der Waals surface area contributed by atoms with Crippen LogP contribution in [0.15, 0.2) is 0 Å². The van der Waals surface area contributed by atoms with Gasteiger partial charge in [0.05, 0.1) is 12.3 Å². The van der Waals surface area contributed by atoms with Crippen LogP contribution >= 0.6 is 0 Å². The van der Waals surface area contributed by atoms with Gasteiger partial charge in [-0.15, -0.1) is 0 Å². The molecule has 0 unspecified atom stereocenters. The number of nitrogens with zero attached hydrogens (tertiary/aromatic N) is 2. The molecule has 0 saturated carbocycles. The molecule has 7 heteroatoms. The maximum absolute atomic E-state index is 12.0. The van der Waals surface area contributed by atoms with E-state index in [1.807, 2.05) is 0 Å². The Balaban J connectivity index is 1.92. The summed E-state index contributed by atoms with van der Waals surface area (Å²) in [6.07, 6.45) is 1.57. The largest absolute Gasteiger partial charge is 0.340 e. The average molecular weight is 261 g/mol. The molecule has 2 rings (SSSR count). The van der Waals surface area contributed by atoms with E-state index in [1.165, 1.54) is 4.31 Å². The number of nitrogens with one attached hydrogen (secondary N) is 1. The van der Waals surface area contributed by atoms with E-state index < -0.39 is 10.0 Å². The molecule has 2 saturated heterocycles. The second-order valence-corrected chi connectivity index (χ2v) is 6.58. The van der Waals surface area contributed by atoms with Crippen molar-refractivity contribution in [1.29, 1.82) is 0 Å². The van der Waals surface area contributed by atoms with Gasteiger partial charge in [-0.1, -0.05) is 0 Å². The highest BCUT2D eigenvalue weighted by Gasteiger charge is 2.31. The molecular formula is C10H19N3O3S. The molecule has 1 N–H and O–H groups in total. The van der Waals surface area contributed by atoms with Crippen molar-refractivity contribution in [2.45, 2.75) is 12.8 Å². The number of carbonyl (C=O) groups is 1. The van der Waals surface area contributed by atoms with E-state index in [2.05, 4.69) is 5.32 Å². The van der Waals surface area contributed by atoms with Crippen molar-refractivity contribution in [2.75, 3.05) is 45.0 Å². The minimum atomic E-state index is -3.16. The Morgan fingerprint density at radius 1 is 1.12 bits per heavy atom. The fourth-order valence-electron chi connectivity index (χ4n) is 2.21. The lowest BCUT2D eigenvalue weighted by molar-refractivity contribution is -0.131. The summed E-state index contributed by atoms with van der Waals surface area (Å²) in [5, 5.41) is 3.22. The summed E-state index contributed by atoms with van der Waals surface area (Å²) in [6, 6.07) is 0. The first-order valence-electron chi connectivity index (χ1n) is 6.06. The fraction of sp³-hybridized carbons (Fsp3) is 0.900. The van der Waals surface area contributed by atoms with Crippen molar-refractivity contribution in [2.24, 2.45) is 0 Å². The van der Waals surface area contributed by atoms with Crippen LogP contribution in [0.5, 0.6) is 0 Å². The maximum atomic E-state index is 12.0. The minimum Gasteiger partial charge on any atom is -0.340 e. The van der Waals surface area contributed by atoms with Gasteiger partial charge in [-0.2, -0.15) is 4.31 Å². The Bertz CT molecular complexity index is 374. The summed E-state index contributed by atoms with van der Waals surface area (Å²) in [4.78, 5) is 13.7. The molecule has 2 aliphatic heterocycles. The van der Waals surface area contributed by atoms with E-state index in [4.69, 9.17) is 0 Å². The molecule has 17 heavy (non-hydrogen) atoms. The van der Waals surface area contributed by atoms with Crippen LogP contribution in [0.1, 0.15) is 12.8 Å². The Hall–Kier alpha value is -0.660. The Morgan fingerprint density at radius 2 is 1.94 bits per heavy atom. The first kappa shape index (κ1) is 12.8. The van der Waals surface area contributed by atoms with Crippen LogP contribution in [0.3, 0.4) is 0 Å². The lowest BCUT2D eigenvalue weighted by atomic mass is 10.3. The third-order valence-electron chi connectivity index (χ3n) is 3.21. The fourth-order valence-corrected chi connectivity index (χ4v) is 3.68. The van der Waals surface area contributed by atoms with E-state index in [0.29, 0.717) is 19.5 Å². The van der Waals surface area contributed by atoms with Crippen molar-refractivity contribution in [3.05, 3.63) is 0 Å². The highest BCUT2D eigenvalue weighted by atomic mass is 32.2. The van der Waals surface area contributed by atoms with Gasteiger partial charge >= 0.3 is 0 Å². The van der Waals surface area contributed by atoms with Gasteiger partial charge in [0, 0.05) is 26.2 Å². The zero-order valence-corrected chi connectivity index (χ0v) is 10.7. The van der Waals surface area contributed by atoms with Crippen LogP contribution in [-0.4, -0.2) is 68.6 Å². The van der Waals surface area contributed by atoms with E-state index >= 15 is 0 Å². The number of amides is 1. The first-order valence-corrected chi connectivity index (χ1v) is 7.67. The van der Waals surface area contributed by atoms with Gasteiger partial charge in [0.2, 0.25) is 15.9 Å². The maximum Gasteiger partial charge on any atom is 0.237 e. The lowest BCUT2D eigenvalue weighted by Gasteiger charge is -2.22. The second kappa shape index (κ2) is 5.32. The summed E-state index contributed by atoms with van der Waals surface area (Å²) in [5.41, 5.74) is 0. The number of hydrogen-bond donors (Lipinski definition) is 1. The molecule has 6 nitrogen and oxygen atoms in total. The SMILES string of the molecule is O=C(CN1CCCS1(=O)=O)N1CCCNCC1. The molecule has 2 fully saturated rings. The summed E-state index contributed by atoms with van der Waals surface area (Å²) < 4.78 is 24.5. The van der Waals surface area contributed by atoms with Crippen molar-refractivity contribution in [3.8, 4) is 0 Å². The van der Waals surface area contributed by atoms with Crippen LogP contribution in [-0.2, 0) is 14.8 Å². The Kier molecular flexibility index (Phi) is 4.01. The molecule has 0 aromatic carbocycles. The predicted octanol–water partition coefficient (Wildman–Crippen LogP) is -1.16. The summed E-state index contributed by atoms with van der Waals surface area (Å²) in [7, 11) is -3.16. The molecular weight excluding hydrogens is 242 g/mol. The third kappa shape index (κ3) is 3.17. The van der Waals surface area contributed by atoms with Crippen LogP contribution < -0.4 is 5.32 Å². The summed E-state index contributed by atoms with van der Waals surface area (Å²) in [6.45, 7) is 3.61. The smallest absolute Gasteiger partial charge is 0.237 e. The first-order chi connectivity index (χ1) is 8.09. The van der Waals surface area contributed by atoms with Gasteiger partial charge < -0.3 is 10.2 Å². The highest BCUT2D eigenvalue weighted by molar-refractivity contribution is 7.89. The molecule has 0 bridgehead atoms. The minimum absolute atomic E-state index is 0.0162. The molecule has 98 valence electrons. The summed E-state index contributed by atoms with van der Waals surface area (Å²) in [5.74, 6) is 0.112. The van der Waals surface area contributed by atoms with E-state index in [1.54, 1.807) is 4.90 Å². The van der Waals surface area contributed by atoms with E-state index in [9.17, 15) is 13.2 Å². The van der Waals surface area contributed by atoms with Crippen molar-refractivity contribution in [3.63, 3.8) is 0 Å². The molecule has 2 heterocycles. The highest BCUT2D eigenvalue weighted by Crippen LogP contribution is 2.13. The second-order valence-electron chi connectivity index (χ2n) is 4.49. The molecule has 2 aliphatic rings. The third-order valence-corrected chi connectivity index (χ3v) is 5.11. The normalized spacial score (nSPS) is 25.8. The Morgan fingerprint density at radius 3 is 2.65 bits per heavy atom. The summed E-state index contributed by atoms with van der Waals surface area (Å²) >= 11 is 0. The monoisotopic (exact) mass is 261 g/mol. The van der Waals surface area contributed by atoms with Crippen molar-refractivity contribution < 1.29 is 13.2 Å². The Labute approximate surface area is 102 Å². The molecule has 0 spiro atoms. The number of hydrogen-bond acceptors (Lipinski definition) is 4. The van der Waals surface area contributed by atoms with Crippen LogP contribution in [0.4, 0.5) is 0 Å². The van der Waals surface area contributed by atoms with Gasteiger partial charge in [0.15, 0.2) is 0 Å². The zero-order chi connectivity index (χ0) is 12.3. The number of sulfonamides is 1. The molecule has 0 atom stereocenters. The van der Waals surface area contributed by atoms with Gasteiger partial charge in [0.25, 0.3) is 0 Å². The topological polar surface area (TPSA) is 69.7 Å². The van der Waals surface area contributed by atoms with E-state index in [0.717, 1.165) is 26.1 Å². The van der Waals surface area contributed by atoms with Gasteiger partial charge in [-0.3, -0.25) is 4.79 Å². The van der Waals surface area contributed by atoms with Gasteiger partial charge in [-0.25, -0.2) is 8.42 Å². The number of carbonyl (C=O) groups excluding carboxylic acids is 1. The van der Waals surface area contributed by atoms with Gasteiger partial charge in [-0.05, 0) is 19.4 Å². The van der Waals surface area contributed by atoms with Crippen LogP contribution in [0, 0.1) is 0 Å². The standard InChI is InChI=1S/C10H19N3O3S/c14-10(12-5-1-3-11-4-7-12)9-13-6-2-8-17(13,15)16/h11H,1-9H2. The molecule has 0 aromatic rings. The van der Waals surface area contributed by atoms with Crippen LogP contribution in [0.2, 0.25) is 0 Å². The molecule has 0 aliphatic carbocycles.